The van der Waals surface area contributed by atoms with E-state index in [4.69, 9.17) is 4.74 Å². The minimum Gasteiger partial charge on any atom is -0.385 e. The average Bonchev–Trinajstić information content (AvgIpc) is 2.26. The topological polar surface area (TPSA) is 21.3 Å². The van der Waals surface area contributed by atoms with E-state index in [0.717, 1.165) is 6.07 Å². The second-order valence-electron chi connectivity index (χ2n) is 3.70. The maximum absolute atomic E-state index is 12.8. The van der Waals surface area contributed by atoms with Crippen LogP contribution in [0.15, 0.2) is 18.2 Å². The highest BCUT2D eigenvalue weighted by Gasteiger charge is 2.37. The van der Waals surface area contributed by atoms with Crippen molar-refractivity contribution in [3.63, 3.8) is 0 Å². The normalized spacial score (nSPS) is 20.1. The van der Waals surface area contributed by atoms with Crippen molar-refractivity contribution in [3.8, 4) is 0 Å². The molecule has 0 fully saturated rings. The van der Waals surface area contributed by atoms with Crippen LogP contribution in [0.4, 0.5) is 18.9 Å². The molecule has 1 aliphatic heterocycles. The summed E-state index contributed by atoms with van der Waals surface area (Å²) < 4.78 is 43.5. The van der Waals surface area contributed by atoms with Gasteiger partial charge in [0.2, 0.25) is 0 Å². The summed E-state index contributed by atoms with van der Waals surface area (Å²) in [5.41, 5.74) is 0.140. The molecule has 0 spiro atoms. The molecule has 1 atom stereocenters. The number of hydrogen-bond donors (Lipinski definition) is 1. The molecule has 1 aromatic rings. The number of rotatable bonds is 1. The first-order chi connectivity index (χ1) is 7.54. The smallest absolute Gasteiger partial charge is 0.385 e. The van der Waals surface area contributed by atoms with Crippen LogP contribution in [-0.2, 0) is 10.9 Å². The number of alkyl halides is 3. The summed E-state index contributed by atoms with van der Waals surface area (Å²) in [6.45, 7) is 0.632. The Morgan fingerprint density at radius 2 is 2.12 bits per heavy atom. The van der Waals surface area contributed by atoms with E-state index in [-0.39, 0.29) is 5.56 Å². The first-order valence-corrected chi connectivity index (χ1v) is 5.01. The van der Waals surface area contributed by atoms with E-state index in [1.54, 1.807) is 6.07 Å². The molecule has 0 saturated carbocycles. The summed E-state index contributed by atoms with van der Waals surface area (Å²) in [7, 11) is 1.44. The Kier molecular flexibility index (Phi) is 2.80. The fourth-order valence-electron chi connectivity index (χ4n) is 2.03. The van der Waals surface area contributed by atoms with Gasteiger partial charge in [-0.05, 0) is 18.6 Å². The van der Waals surface area contributed by atoms with Crippen LogP contribution in [0.3, 0.4) is 0 Å². The van der Waals surface area contributed by atoms with Gasteiger partial charge in [-0.3, -0.25) is 0 Å². The molecule has 0 aromatic heterocycles. The summed E-state index contributed by atoms with van der Waals surface area (Å²) in [4.78, 5) is 0. The lowest BCUT2D eigenvalue weighted by Gasteiger charge is -2.28. The number of fused-ring (bicyclic) bond motifs is 1. The Labute approximate surface area is 91.4 Å². The van der Waals surface area contributed by atoms with Crippen molar-refractivity contribution in [1.82, 2.24) is 0 Å². The predicted molar refractivity (Wildman–Crippen MR) is 54.3 cm³/mol. The second-order valence-corrected chi connectivity index (χ2v) is 3.70. The van der Waals surface area contributed by atoms with Crippen LogP contribution in [0.5, 0.6) is 0 Å². The molecule has 88 valence electrons. The lowest BCUT2D eigenvalue weighted by Crippen LogP contribution is -2.22. The van der Waals surface area contributed by atoms with Crippen LogP contribution in [0.25, 0.3) is 0 Å². The molecule has 0 amide bonds. The van der Waals surface area contributed by atoms with Crippen molar-refractivity contribution in [3.05, 3.63) is 29.3 Å². The van der Waals surface area contributed by atoms with Gasteiger partial charge in [0.05, 0.1) is 11.7 Å². The van der Waals surface area contributed by atoms with Crippen molar-refractivity contribution >= 4 is 5.69 Å². The molecule has 1 unspecified atom stereocenters. The zero-order valence-corrected chi connectivity index (χ0v) is 8.77. The zero-order valence-electron chi connectivity index (χ0n) is 8.77. The van der Waals surface area contributed by atoms with Gasteiger partial charge in [0.25, 0.3) is 0 Å². The highest BCUT2D eigenvalue weighted by atomic mass is 19.4. The third-order valence-electron chi connectivity index (χ3n) is 2.74. The molecular formula is C11H12F3NO. The Hall–Kier alpha value is -1.23. The Bertz CT molecular complexity index is 389. The van der Waals surface area contributed by atoms with Crippen molar-refractivity contribution in [1.29, 1.82) is 0 Å². The standard InChI is InChI=1S/C11H12F3NO/c1-16-9-5-6-15-8-4-2-3-7(10(8)9)11(12,13)14/h2-4,9,15H,5-6H2,1H3. The van der Waals surface area contributed by atoms with Gasteiger partial charge >= 0.3 is 6.18 Å². The fourth-order valence-corrected chi connectivity index (χ4v) is 2.03. The second kappa shape index (κ2) is 3.97. The van der Waals surface area contributed by atoms with Crippen LogP contribution >= 0.6 is 0 Å². The van der Waals surface area contributed by atoms with Gasteiger partial charge in [-0.2, -0.15) is 13.2 Å². The van der Waals surface area contributed by atoms with Crippen molar-refractivity contribution < 1.29 is 17.9 Å². The first-order valence-electron chi connectivity index (χ1n) is 5.01. The zero-order chi connectivity index (χ0) is 11.8. The minimum atomic E-state index is -4.33. The molecule has 16 heavy (non-hydrogen) atoms. The maximum Gasteiger partial charge on any atom is 0.416 e. The average molecular weight is 231 g/mol. The van der Waals surface area contributed by atoms with Crippen LogP contribution in [-0.4, -0.2) is 13.7 Å². The quantitative estimate of drug-likeness (QED) is 0.801. The van der Waals surface area contributed by atoms with Crippen LogP contribution in [0.1, 0.15) is 23.7 Å². The molecule has 2 rings (SSSR count). The number of halogens is 3. The molecule has 1 heterocycles. The van der Waals surface area contributed by atoms with E-state index in [1.165, 1.54) is 13.2 Å². The molecule has 1 aliphatic rings. The van der Waals surface area contributed by atoms with Gasteiger partial charge in [-0.1, -0.05) is 6.07 Å². The van der Waals surface area contributed by atoms with Gasteiger partial charge in [-0.25, -0.2) is 0 Å². The number of hydrogen-bond acceptors (Lipinski definition) is 2. The SMILES string of the molecule is COC1CCNc2cccc(C(F)(F)F)c21. The van der Waals surface area contributed by atoms with Gasteiger partial charge in [-0.15, -0.1) is 0 Å². The predicted octanol–water partition coefficient (Wildman–Crippen LogP) is 3.21. The van der Waals surface area contributed by atoms with Crippen LogP contribution < -0.4 is 5.32 Å². The van der Waals surface area contributed by atoms with E-state index in [9.17, 15) is 13.2 Å². The van der Waals surface area contributed by atoms with E-state index in [0.29, 0.717) is 18.7 Å². The molecule has 0 bridgehead atoms. The summed E-state index contributed by atoms with van der Waals surface area (Å²) in [5, 5.41) is 2.96. The first kappa shape index (κ1) is 11.3. The highest BCUT2D eigenvalue weighted by Crippen LogP contribution is 2.41. The van der Waals surface area contributed by atoms with Gasteiger partial charge in [0, 0.05) is 24.9 Å². The molecule has 1 aromatic carbocycles. The van der Waals surface area contributed by atoms with Crippen LogP contribution in [0, 0.1) is 0 Å². The molecule has 0 radical (unpaired) electrons. The minimum absolute atomic E-state index is 0.226. The number of methoxy groups -OCH3 is 1. The van der Waals surface area contributed by atoms with Gasteiger partial charge < -0.3 is 10.1 Å². The third-order valence-corrected chi connectivity index (χ3v) is 2.74. The van der Waals surface area contributed by atoms with E-state index in [2.05, 4.69) is 5.32 Å². The van der Waals surface area contributed by atoms with Crippen molar-refractivity contribution in [2.75, 3.05) is 19.0 Å². The van der Waals surface area contributed by atoms with Crippen LogP contribution in [0.2, 0.25) is 0 Å². The molecular weight excluding hydrogens is 219 g/mol. The van der Waals surface area contributed by atoms with E-state index < -0.39 is 17.8 Å². The Morgan fingerprint density at radius 1 is 1.38 bits per heavy atom. The summed E-state index contributed by atoms with van der Waals surface area (Å²) in [6, 6.07) is 4.15. The molecule has 5 heteroatoms. The van der Waals surface area contributed by atoms with Crippen molar-refractivity contribution in [2.24, 2.45) is 0 Å². The van der Waals surface area contributed by atoms with Gasteiger partial charge in [0.1, 0.15) is 0 Å². The number of nitrogens with one attached hydrogen (secondary N) is 1. The number of anilines is 1. The van der Waals surface area contributed by atoms with E-state index >= 15 is 0 Å². The summed E-state index contributed by atoms with van der Waals surface area (Å²) in [6.07, 6.45) is -4.26. The Morgan fingerprint density at radius 3 is 2.75 bits per heavy atom. The molecule has 1 N–H and O–H groups in total. The van der Waals surface area contributed by atoms with Gasteiger partial charge in [0.15, 0.2) is 0 Å². The fraction of sp³-hybridized carbons (Fsp3) is 0.455. The highest BCUT2D eigenvalue weighted by molar-refractivity contribution is 5.58. The maximum atomic E-state index is 12.8. The Balaban J connectivity index is 2.55. The van der Waals surface area contributed by atoms with Crippen molar-refractivity contribution in [2.45, 2.75) is 18.7 Å². The molecule has 2 nitrogen and oxygen atoms in total. The molecule has 0 saturated heterocycles. The third kappa shape index (κ3) is 1.87. The monoisotopic (exact) mass is 231 g/mol. The molecule has 0 aliphatic carbocycles. The van der Waals surface area contributed by atoms with E-state index in [1.807, 2.05) is 0 Å². The summed E-state index contributed by atoms with van der Waals surface area (Å²) in [5.74, 6) is 0. The lowest BCUT2D eigenvalue weighted by molar-refractivity contribution is -0.139. The summed E-state index contributed by atoms with van der Waals surface area (Å²) >= 11 is 0. The lowest BCUT2D eigenvalue weighted by atomic mass is 9.94. The number of benzene rings is 1. The number of ether oxygens (including phenoxy) is 1. The largest absolute Gasteiger partial charge is 0.416 e.